The third kappa shape index (κ3) is 4.63. The molecule has 0 atom stereocenters. The van der Waals surface area contributed by atoms with Crippen molar-refractivity contribution in [3.05, 3.63) is 113 Å². The summed E-state index contributed by atoms with van der Waals surface area (Å²) in [7, 11) is 0. The molecule has 0 spiro atoms. The van der Waals surface area contributed by atoms with E-state index in [4.69, 9.17) is 4.74 Å². The predicted octanol–water partition coefficient (Wildman–Crippen LogP) is 8.03. The summed E-state index contributed by atoms with van der Waals surface area (Å²) in [6, 6.07) is 19.6. The van der Waals surface area contributed by atoms with Crippen LogP contribution in [0.25, 0.3) is 22.3 Å². The first-order chi connectivity index (χ1) is 15.9. The molecule has 0 heterocycles. The van der Waals surface area contributed by atoms with Gasteiger partial charge in [0.15, 0.2) is 23.3 Å². The van der Waals surface area contributed by atoms with Gasteiger partial charge in [0.2, 0.25) is 0 Å². The summed E-state index contributed by atoms with van der Waals surface area (Å²) in [6.45, 7) is 3.50. The second kappa shape index (κ2) is 9.49. The number of hydrogen-bond acceptors (Lipinski definition) is 1. The van der Waals surface area contributed by atoms with Crippen LogP contribution in [-0.2, 0) is 13.0 Å². The summed E-state index contributed by atoms with van der Waals surface area (Å²) in [4.78, 5) is 0. The molecular formula is C28H22F4O. The van der Waals surface area contributed by atoms with Crippen molar-refractivity contribution in [3.63, 3.8) is 0 Å². The molecule has 5 heteroatoms. The van der Waals surface area contributed by atoms with Crippen molar-refractivity contribution in [2.24, 2.45) is 0 Å². The third-order valence-electron chi connectivity index (χ3n) is 5.63. The number of rotatable bonds is 6. The van der Waals surface area contributed by atoms with Crippen molar-refractivity contribution in [2.45, 2.75) is 26.9 Å². The third-order valence-corrected chi connectivity index (χ3v) is 5.63. The van der Waals surface area contributed by atoms with Gasteiger partial charge in [0.25, 0.3) is 0 Å². The molecule has 0 amide bonds. The Morgan fingerprint density at radius 1 is 0.576 bits per heavy atom. The lowest BCUT2D eigenvalue weighted by Gasteiger charge is -2.12. The van der Waals surface area contributed by atoms with Crippen molar-refractivity contribution < 1.29 is 22.3 Å². The molecule has 0 N–H and O–H groups in total. The first kappa shape index (κ1) is 22.6. The maximum atomic E-state index is 14.6. The highest BCUT2D eigenvalue weighted by Crippen LogP contribution is 2.30. The van der Waals surface area contributed by atoms with Crippen LogP contribution >= 0.6 is 0 Å². The Bertz CT molecular complexity index is 1280. The fraction of sp³-hybridized carbons (Fsp3) is 0.143. The van der Waals surface area contributed by atoms with E-state index < -0.39 is 23.3 Å². The summed E-state index contributed by atoms with van der Waals surface area (Å²) in [5.41, 5.74) is 2.84. The van der Waals surface area contributed by atoms with Crippen LogP contribution in [0.5, 0.6) is 5.75 Å². The summed E-state index contributed by atoms with van der Waals surface area (Å²) in [5, 5.41) is 0. The van der Waals surface area contributed by atoms with Crippen LogP contribution in [0.1, 0.15) is 23.6 Å². The lowest BCUT2D eigenvalue weighted by atomic mass is 10.0. The fourth-order valence-electron chi connectivity index (χ4n) is 3.63. The van der Waals surface area contributed by atoms with Gasteiger partial charge in [-0.25, -0.2) is 17.6 Å². The fourth-order valence-corrected chi connectivity index (χ4v) is 3.63. The van der Waals surface area contributed by atoms with Gasteiger partial charge in [-0.1, -0.05) is 73.2 Å². The molecule has 0 fully saturated rings. The highest BCUT2D eigenvalue weighted by atomic mass is 19.2. The van der Waals surface area contributed by atoms with E-state index in [-0.39, 0.29) is 23.3 Å². The molecule has 0 aliphatic carbocycles. The molecule has 0 aliphatic rings. The molecule has 4 aromatic carbocycles. The molecule has 33 heavy (non-hydrogen) atoms. The number of ether oxygens (including phenoxy) is 1. The van der Waals surface area contributed by atoms with Gasteiger partial charge >= 0.3 is 0 Å². The molecular weight excluding hydrogens is 428 g/mol. The number of aryl methyl sites for hydroxylation is 2. The summed E-state index contributed by atoms with van der Waals surface area (Å²) in [6.07, 6.45) is 0.402. The van der Waals surface area contributed by atoms with Crippen LogP contribution in [0.3, 0.4) is 0 Å². The van der Waals surface area contributed by atoms with Crippen molar-refractivity contribution in [1.82, 2.24) is 0 Å². The minimum Gasteiger partial charge on any atom is -0.489 e. The van der Waals surface area contributed by atoms with E-state index in [1.165, 1.54) is 12.1 Å². The first-order valence-electron chi connectivity index (χ1n) is 10.6. The van der Waals surface area contributed by atoms with Crippen molar-refractivity contribution in [2.75, 3.05) is 0 Å². The average molecular weight is 450 g/mol. The molecule has 0 saturated heterocycles. The Hall–Kier alpha value is -3.60. The van der Waals surface area contributed by atoms with Crippen LogP contribution in [-0.4, -0.2) is 0 Å². The lowest BCUT2D eigenvalue weighted by molar-refractivity contribution is 0.297. The zero-order valence-electron chi connectivity index (χ0n) is 18.3. The first-order valence-corrected chi connectivity index (χ1v) is 10.6. The van der Waals surface area contributed by atoms with E-state index in [1.807, 2.05) is 19.1 Å². The zero-order valence-corrected chi connectivity index (χ0v) is 18.3. The largest absolute Gasteiger partial charge is 0.489 e. The molecule has 0 unspecified atom stereocenters. The molecule has 1 nitrogen and oxygen atoms in total. The molecule has 0 aromatic heterocycles. The van der Waals surface area contributed by atoms with Crippen LogP contribution in [0, 0.1) is 30.2 Å². The standard InChI is InChI=1S/C28H22F4O/c1-3-18-10-14-23(27(31)25(18)29)20-8-12-22(13-9-20)33-16-21-11-15-24(28(32)26(21)30)19-6-4-17(2)5-7-19/h4-15H,3,16H2,1-2H3. The average Bonchev–Trinajstić information content (AvgIpc) is 2.83. The van der Waals surface area contributed by atoms with Gasteiger partial charge in [0.05, 0.1) is 0 Å². The highest BCUT2D eigenvalue weighted by molar-refractivity contribution is 5.66. The van der Waals surface area contributed by atoms with E-state index in [2.05, 4.69) is 0 Å². The van der Waals surface area contributed by atoms with Crippen LogP contribution in [0.4, 0.5) is 17.6 Å². The van der Waals surface area contributed by atoms with Crippen LogP contribution < -0.4 is 4.74 Å². The van der Waals surface area contributed by atoms with E-state index in [9.17, 15) is 17.6 Å². The zero-order chi connectivity index (χ0) is 23.5. The number of halogens is 4. The van der Waals surface area contributed by atoms with Gasteiger partial charge in [-0.05, 0) is 42.2 Å². The van der Waals surface area contributed by atoms with E-state index >= 15 is 0 Å². The van der Waals surface area contributed by atoms with Gasteiger partial charge in [-0.3, -0.25) is 0 Å². The summed E-state index contributed by atoms with van der Waals surface area (Å²) < 4.78 is 63.3. The van der Waals surface area contributed by atoms with Gasteiger partial charge in [0, 0.05) is 16.7 Å². The quantitative estimate of drug-likeness (QED) is 0.270. The predicted molar refractivity (Wildman–Crippen MR) is 122 cm³/mol. The van der Waals surface area contributed by atoms with Gasteiger partial charge in [0.1, 0.15) is 12.4 Å². The molecule has 0 aliphatic heterocycles. The Labute approximate surface area is 190 Å². The van der Waals surface area contributed by atoms with E-state index in [1.54, 1.807) is 55.5 Å². The second-order valence-electron chi connectivity index (χ2n) is 7.83. The highest BCUT2D eigenvalue weighted by Gasteiger charge is 2.16. The number of hydrogen-bond donors (Lipinski definition) is 0. The Kier molecular flexibility index (Phi) is 6.50. The lowest BCUT2D eigenvalue weighted by Crippen LogP contribution is -2.02. The second-order valence-corrected chi connectivity index (χ2v) is 7.83. The van der Waals surface area contributed by atoms with Crippen molar-refractivity contribution >= 4 is 0 Å². The van der Waals surface area contributed by atoms with Crippen molar-refractivity contribution in [3.8, 4) is 28.0 Å². The van der Waals surface area contributed by atoms with E-state index in [0.717, 1.165) is 5.56 Å². The van der Waals surface area contributed by atoms with Gasteiger partial charge in [-0.15, -0.1) is 0 Å². The monoisotopic (exact) mass is 450 g/mol. The number of benzene rings is 4. The maximum Gasteiger partial charge on any atom is 0.167 e. The van der Waals surface area contributed by atoms with Crippen molar-refractivity contribution in [1.29, 1.82) is 0 Å². The van der Waals surface area contributed by atoms with Gasteiger partial charge < -0.3 is 4.74 Å². The molecule has 4 aromatic rings. The smallest absolute Gasteiger partial charge is 0.167 e. The molecule has 0 saturated carbocycles. The minimum absolute atomic E-state index is 0.0794. The molecule has 4 rings (SSSR count). The molecule has 0 bridgehead atoms. The Balaban J connectivity index is 1.49. The SMILES string of the molecule is CCc1ccc(-c2ccc(OCc3ccc(-c4ccc(C)cc4)c(F)c3F)cc2)c(F)c1F. The van der Waals surface area contributed by atoms with E-state index in [0.29, 0.717) is 28.9 Å². The van der Waals surface area contributed by atoms with Crippen LogP contribution in [0.2, 0.25) is 0 Å². The van der Waals surface area contributed by atoms with Crippen LogP contribution in [0.15, 0.2) is 72.8 Å². The summed E-state index contributed by atoms with van der Waals surface area (Å²) >= 11 is 0. The summed E-state index contributed by atoms with van der Waals surface area (Å²) in [5.74, 6) is -3.23. The molecule has 0 radical (unpaired) electrons. The normalized spacial score (nSPS) is 11.0. The minimum atomic E-state index is -0.960. The Morgan fingerprint density at radius 3 is 1.61 bits per heavy atom. The maximum absolute atomic E-state index is 14.6. The Morgan fingerprint density at radius 2 is 1.06 bits per heavy atom. The molecule has 168 valence electrons. The van der Waals surface area contributed by atoms with Gasteiger partial charge in [-0.2, -0.15) is 0 Å². The topological polar surface area (TPSA) is 9.23 Å².